The zero-order valence-corrected chi connectivity index (χ0v) is 9.38. The van der Waals surface area contributed by atoms with Gasteiger partial charge in [-0.15, -0.1) is 0 Å². The molecule has 0 aromatic carbocycles. The Balaban J connectivity index is 2.91. The molecule has 0 atom stereocenters. The van der Waals surface area contributed by atoms with E-state index in [1.54, 1.807) is 6.07 Å². The van der Waals surface area contributed by atoms with Crippen molar-refractivity contribution in [3.63, 3.8) is 0 Å². The van der Waals surface area contributed by atoms with Gasteiger partial charge in [0.15, 0.2) is 0 Å². The second-order valence-corrected chi connectivity index (χ2v) is 3.21. The number of hydrogen-bond acceptors (Lipinski definition) is 5. The Morgan fingerprint density at radius 2 is 2.47 bits per heavy atom. The van der Waals surface area contributed by atoms with E-state index in [0.29, 0.717) is 6.54 Å². The van der Waals surface area contributed by atoms with Crippen molar-refractivity contribution < 1.29 is 4.92 Å². The number of hydrogen-bond donors (Lipinski definition) is 1. The lowest BCUT2D eigenvalue weighted by atomic mass is 10.2. The first kappa shape index (κ1) is 12.6. The highest BCUT2D eigenvalue weighted by atomic mass is 16.6. The van der Waals surface area contributed by atoms with Crippen molar-refractivity contribution in [1.82, 2.24) is 4.98 Å². The van der Waals surface area contributed by atoms with E-state index in [1.807, 2.05) is 19.1 Å². The van der Waals surface area contributed by atoms with Gasteiger partial charge in [-0.05, 0) is 19.4 Å². The van der Waals surface area contributed by atoms with Crippen LogP contribution in [0.4, 0.5) is 11.5 Å². The predicted molar refractivity (Wildman–Crippen MR) is 63.5 cm³/mol. The van der Waals surface area contributed by atoms with E-state index < -0.39 is 4.92 Å². The lowest BCUT2D eigenvalue weighted by molar-refractivity contribution is -0.384. The molecule has 0 aliphatic rings. The number of nitrogens with zero attached hydrogens (tertiary/aromatic N) is 3. The third kappa shape index (κ3) is 3.28. The van der Waals surface area contributed by atoms with E-state index in [2.05, 4.69) is 10.3 Å². The molecule has 0 spiro atoms. The Hall–Kier alpha value is -2.42. The van der Waals surface area contributed by atoms with Crippen LogP contribution in [0.1, 0.15) is 18.9 Å². The number of rotatable bonds is 5. The maximum Gasteiger partial charge on any atom is 0.328 e. The molecular weight excluding hydrogens is 220 g/mol. The zero-order valence-electron chi connectivity index (χ0n) is 9.38. The van der Waals surface area contributed by atoms with Crippen LogP contribution in [0.5, 0.6) is 0 Å². The highest BCUT2D eigenvalue weighted by Gasteiger charge is 2.20. The van der Waals surface area contributed by atoms with E-state index >= 15 is 0 Å². The normalized spacial score (nSPS) is 10.1. The molecule has 0 bridgehead atoms. The van der Waals surface area contributed by atoms with Gasteiger partial charge in [0, 0.05) is 12.7 Å². The molecule has 0 fully saturated rings. The maximum absolute atomic E-state index is 10.9. The number of anilines is 1. The Morgan fingerprint density at radius 3 is 3.06 bits per heavy atom. The zero-order chi connectivity index (χ0) is 12.7. The molecule has 0 aliphatic heterocycles. The fourth-order valence-corrected chi connectivity index (χ4v) is 1.30. The average molecular weight is 232 g/mol. The fraction of sp³-hybridized carbons (Fsp3) is 0.273. The molecule has 1 rings (SSSR count). The van der Waals surface area contributed by atoms with Gasteiger partial charge in [-0.25, -0.2) is 4.98 Å². The minimum Gasteiger partial charge on any atom is -0.364 e. The molecule has 0 unspecified atom stereocenters. The second kappa shape index (κ2) is 6.23. The first-order valence-electron chi connectivity index (χ1n) is 5.09. The number of pyridine rings is 1. The quantitative estimate of drug-likeness (QED) is 0.364. The summed E-state index contributed by atoms with van der Waals surface area (Å²) in [6.45, 7) is 2.43. The van der Waals surface area contributed by atoms with Gasteiger partial charge in [0.2, 0.25) is 5.82 Å². The SMILES string of the molecule is C/C=C/CCNc1nccc(C#N)c1[N+](=O)[O-]. The van der Waals surface area contributed by atoms with Crippen LogP contribution in [0.15, 0.2) is 24.4 Å². The predicted octanol–water partition coefficient (Wildman–Crippen LogP) is 2.24. The lowest BCUT2D eigenvalue weighted by Crippen LogP contribution is -2.06. The summed E-state index contributed by atoms with van der Waals surface area (Å²) >= 11 is 0. The van der Waals surface area contributed by atoms with Gasteiger partial charge in [0.1, 0.15) is 11.6 Å². The van der Waals surface area contributed by atoms with Crippen molar-refractivity contribution in [2.75, 3.05) is 11.9 Å². The van der Waals surface area contributed by atoms with Crippen molar-refractivity contribution >= 4 is 11.5 Å². The number of nitro groups is 1. The third-order valence-electron chi connectivity index (χ3n) is 2.07. The topological polar surface area (TPSA) is 91.8 Å². The van der Waals surface area contributed by atoms with Crippen molar-refractivity contribution in [2.24, 2.45) is 0 Å². The Bertz CT molecular complexity index is 477. The third-order valence-corrected chi connectivity index (χ3v) is 2.07. The van der Waals surface area contributed by atoms with Crippen LogP contribution >= 0.6 is 0 Å². The maximum atomic E-state index is 10.9. The first-order valence-corrected chi connectivity index (χ1v) is 5.09. The van der Waals surface area contributed by atoms with Crippen LogP contribution in [-0.2, 0) is 0 Å². The van der Waals surface area contributed by atoms with Crippen molar-refractivity contribution in [3.8, 4) is 6.07 Å². The fourth-order valence-electron chi connectivity index (χ4n) is 1.30. The molecule has 0 amide bonds. The second-order valence-electron chi connectivity index (χ2n) is 3.21. The van der Waals surface area contributed by atoms with E-state index in [-0.39, 0.29) is 17.1 Å². The first-order chi connectivity index (χ1) is 8.20. The van der Waals surface area contributed by atoms with Gasteiger partial charge in [-0.2, -0.15) is 5.26 Å². The molecular formula is C11H12N4O2. The Kier molecular flexibility index (Phi) is 4.63. The van der Waals surface area contributed by atoms with Crippen LogP contribution in [0.25, 0.3) is 0 Å². The number of nitrogens with one attached hydrogen (secondary N) is 1. The molecule has 1 heterocycles. The largest absolute Gasteiger partial charge is 0.364 e. The van der Waals surface area contributed by atoms with Crippen molar-refractivity contribution in [1.29, 1.82) is 5.26 Å². The highest BCUT2D eigenvalue weighted by Crippen LogP contribution is 2.25. The highest BCUT2D eigenvalue weighted by molar-refractivity contribution is 5.63. The molecule has 0 radical (unpaired) electrons. The molecule has 0 saturated carbocycles. The smallest absolute Gasteiger partial charge is 0.328 e. The van der Waals surface area contributed by atoms with Crippen LogP contribution in [0, 0.1) is 21.4 Å². The van der Waals surface area contributed by atoms with Crippen LogP contribution in [0.2, 0.25) is 0 Å². The van der Waals surface area contributed by atoms with Crippen LogP contribution in [-0.4, -0.2) is 16.5 Å². The summed E-state index contributed by atoms with van der Waals surface area (Å²) in [5, 5.41) is 22.5. The minimum atomic E-state index is -0.594. The van der Waals surface area contributed by atoms with Gasteiger partial charge in [-0.1, -0.05) is 12.2 Å². The molecule has 6 heteroatoms. The standard InChI is InChI=1S/C11H12N4O2/c1-2-3-4-6-13-11-10(15(16)17)9(8-12)5-7-14-11/h2-3,5,7H,4,6H2,1H3,(H,13,14)/b3-2+. The van der Waals surface area contributed by atoms with E-state index in [9.17, 15) is 10.1 Å². The summed E-state index contributed by atoms with van der Waals surface area (Å²) in [6.07, 6.45) is 5.96. The van der Waals surface area contributed by atoms with Crippen LogP contribution < -0.4 is 5.32 Å². The Labute approximate surface area is 98.7 Å². The number of nitriles is 1. The average Bonchev–Trinajstić information content (AvgIpc) is 2.33. The van der Waals surface area contributed by atoms with E-state index in [1.165, 1.54) is 12.3 Å². The molecule has 1 aromatic rings. The summed E-state index contributed by atoms with van der Waals surface area (Å²) in [5.41, 5.74) is -0.256. The molecule has 1 aromatic heterocycles. The van der Waals surface area contributed by atoms with Gasteiger partial charge in [0.25, 0.3) is 0 Å². The summed E-state index contributed by atoms with van der Waals surface area (Å²) in [5.74, 6) is 0.138. The van der Waals surface area contributed by atoms with Gasteiger partial charge < -0.3 is 5.32 Å². The number of aromatic nitrogens is 1. The van der Waals surface area contributed by atoms with Crippen LogP contribution in [0.3, 0.4) is 0 Å². The number of allylic oxidation sites excluding steroid dienone is 1. The van der Waals surface area contributed by atoms with Gasteiger partial charge in [-0.3, -0.25) is 10.1 Å². The summed E-state index contributed by atoms with van der Waals surface area (Å²) < 4.78 is 0. The van der Waals surface area contributed by atoms with Crippen molar-refractivity contribution in [2.45, 2.75) is 13.3 Å². The minimum absolute atomic E-state index is 0.0125. The molecule has 17 heavy (non-hydrogen) atoms. The molecule has 88 valence electrons. The summed E-state index contributed by atoms with van der Waals surface area (Å²) in [6, 6.07) is 3.11. The lowest BCUT2D eigenvalue weighted by Gasteiger charge is -2.04. The molecule has 1 N–H and O–H groups in total. The Morgan fingerprint density at radius 1 is 1.71 bits per heavy atom. The summed E-state index contributed by atoms with van der Waals surface area (Å²) in [4.78, 5) is 14.1. The van der Waals surface area contributed by atoms with Gasteiger partial charge in [0.05, 0.1) is 4.92 Å². The molecule has 0 saturated heterocycles. The van der Waals surface area contributed by atoms with Crippen molar-refractivity contribution in [3.05, 3.63) is 40.1 Å². The summed E-state index contributed by atoms with van der Waals surface area (Å²) in [7, 11) is 0. The molecule has 6 nitrogen and oxygen atoms in total. The monoisotopic (exact) mass is 232 g/mol. The van der Waals surface area contributed by atoms with E-state index in [4.69, 9.17) is 5.26 Å². The van der Waals surface area contributed by atoms with Gasteiger partial charge >= 0.3 is 5.69 Å². The molecule has 0 aliphatic carbocycles. The van der Waals surface area contributed by atoms with E-state index in [0.717, 1.165) is 6.42 Å².